The van der Waals surface area contributed by atoms with Gasteiger partial charge in [-0.3, -0.25) is 4.79 Å². The SMILES string of the molecule is O=C(c1sccc1Br)N(CCCl)CC(F)F. The van der Waals surface area contributed by atoms with Crippen LogP contribution in [0.15, 0.2) is 15.9 Å². The van der Waals surface area contributed by atoms with E-state index in [2.05, 4.69) is 15.9 Å². The monoisotopic (exact) mass is 331 g/mol. The molecule has 0 radical (unpaired) electrons. The van der Waals surface area contributed by atoms with E-state index < -0.39 is 18.9 Å². The minimum atomic E-state index is -2.55. The summed E-state index contributed by atoms with van der Waals surface area (Å²) in [6.07, 6.45) is -2.55. The highest BCUT2D eigenvalue weighted by atomic mass is 79.9. The Morgan fingerprint density at radius 2 is 2.31 bits per heavy atom. The number of rotatable bonds is 5. The maximum Gasteiger partial charge on any atom is 0.265 e. The molecule has 90 valence electrons. The molecular formula is C9H9BrClF2NOS. The molecule has 16 heavy (non-hydrogen) atoms. The molecule has 0 spiro atoms. The van der Waals surface area contributed by atoms with E-state index in [1.54, 1.807) is 11.4 Å². The summed E-state index contributed by atoms with van der Waals surface area (Å²) in [6.45, 7) is -0.467. The highest BCUT2D eigenvalue weighted by Gasteiger charge is 2.21. The van der Waals surface area contributed by atoms with Crippen LogP contribution in [0.1, 0.15) is 9.67 Å². The van der Waals surface area contributed by atoms with Crippen LogP contribution in [0.25, 0.3) is 0 Å². The third-order valence-electron chi connectivity index (χ3n) is 1.81. The number of hydrogen-bond acceptors (Lipinski definition) is 2. The lowest BCUT2D eigenvalue weighted by molar-refractivity contribution is 0.0574. The van der Waals surface area contributed by atoms with Gasteiger partial charge in [0.05, 0.1) is 6.54 Å². The number of hydrogen-bond donors (Lipinski definition) is 0. The zero-order valence-corrected chi connectivity index (χ0v) is 11.3. The normalized spacial score (nSPS) is 10.8. The number of halogens is 4. The third-order valence-corrected chi connectivity index (χ3v) is 3.81. The van der Waals surface area contributed by atoms with Crippen molar-refractivity contribution < 1.29 is 13.6 Å². The van der Waals surface area contributed by atoms with E-state index in [0.717, 1.165) is 4.90 Å². The van der Waals surface area contributed by atoms with E-state index in [4.69, 9.17) is 11.6 Å². The average molecular weight is 333 g/mol. The average Bonchev–Trinajstić information content (AvgIpc) is 2.62. The molecule has 1 rings (SSSR count). The third kappa shape index (κ3) is 3.68. The number of amides is 1. The van der Waals surface area contributed by atoms with Gasteiger partial charge in [0.1, 0.15) is 4.88 Å². The molecule has 0 saturated heterocycles. The second-order valence-corrected chi connectivity index (χ2v) is 5.08. The van der Waals surface area contributed by atoms with E-state index in [0.29, 0.717) is 9.35 Å². The van der Waals surface area contributed by atoms with Gasteiger partial charge in [0.2, 0.25) is 0 Å². The smallest absolute Gasteiger partial charge is 0.265 e. The first-order valence-electron chi connectivity index (χ1n) is 4.42. The highest BCUT2D eigenvalue weighted by Crippen LogP contribution is 2.24. The Bertz CT molecular complexity index is 361. The van der Waals surface area contributed by atoms with E-state index in [-0.39, 0.29) is 12.4 Å². The molecule has 0 aliphatic rings. The molecule has 0 atom stereocenters. The number of alkyl halides is 3. The molecule has 0 aliphatic heterocycles. The molecule has 0 saturated carbocycles. The van der Waals surface area contributed by atoms with Gasteiger partial charge in [0.15, 0.2) is 0 Å². The van der Waals surface area contributed by atoms with Crippen molar-refractivity contribution in [3.05, 3.63) is 20.8 Å². The van der Waals surface area contributed by atoms with Crippen molar-refractivity contribution in [1.29, 1.82) is 0 Å². The molecule has 0 aromatic carbocycles. The number of carbonyl (C=O) groups is 1. The molecule has 1 amide bonds. The van der Waals surface area contributed by atoms with E-state index >= 15 is 0 Å². The Morgan fingerprint density at radius 1 is 1.62 bits per heavy atom. The molecule has 2 nitrogen and oxygen atoms in total. The molecule has 1 aromatic rings. The van der Waals surface area contributed by atoms with Gasteiger partial charge in [-0.25, -0.2) is 8.78 Å². The van der Waals surface area contributed by atoms with E-state index in [1.807, 2.05) is 0 Å². The van der Waals surface area contributed by atoms with Gasteiger partial charge in [0, 0.05) is 16.9 Å². The van der Waals surface area contributed by atoms with E-state index in [9.17, 15) is 13.6 Å². The van der Waals surface area contributed by atoms with Crippen LogP contribution in [0.2, 0.25) is 0 Å². The molecular weight excluding hydrogens is 324 g/mol. The highest BCUT2D eigenvalue weighted by molar-refractivity contribution is 9.10. The van der Waals surface area contributed by atoms with Gasteiger partial charge in [-0.2, -0.15) is 0 Å². The summed E-state index contributed by atoms with van der Waals surface area (Å²) in [6, 6.07) is 1.71. The van der Waals surface area contributed by atoms with Crippen LogP contribution < -0.4 is 0 Å². The van der Waals surface area contributed by atoms with Crippen molar-refractivity contribution in [1.82, 2.24) is 4.90 Å². The molecule has 0 bridgehead atoms. The van der Waals surface area contributed by atoms with Crippen LogP contribution in [0.3, 0.4) is 0 Å². The van der Waals surface area contributed by atoms with Gasteiger partial charge >= 0.3 is 0 Å². The van der Waals surface area contributed by atoms with Crippen molar-refractivity contribution in [2.75, 3.05) is 19.0 Å². The lowest BCUT2D eigenvalue weighted by atomic mass is 10.4. The van der Waals surface area contributed by atoms with Crippen molar-refractivity contribution in [3.8, 4) is 0 Å². The number of carbonyl (C=O) groups excluding carboxylic acids is 1. The lowest BCUT2D eigenvalue weighted by Gasteiger charge is -2.20. The Morgan fingerprint density at radius 3 is 2.75 bits per heavy atom. The van der Waals surface area contributed by atoms with Gasteiger partial charge in [-0.15, -0.1) is 22.9 Å². The minimum absolute atomic E-state index is 0.120. The largest absolute Gasteiger partial charge is 0.331 e. The van der Waals surface area contributed by atoms with Gasteiger partial charge in [0.25, 0.3) is 12.3 Å². The van der Waals surface area contributed by atoms with Crippen molar-refractivity contribution in [2.45, 2.75) is 6.43 Å². The van der Waals surface area contributed by atoms with E-state index in [1.165, 1.54) is 11.3 Å². The van der Waals surface area contributed by atoms with Gasteiger partial charge < -0.3 is 4.90 Å². The molecule has 0 aliphatic carbocycles. The second kappa shape index (κ2) is 6.51. The van der Waals surface area contributed by atoms with Crippen LogP contribution >= 0.6 is 38.9 Å². The summed E-state index contributed by atoms with van der Waals surface area (Å²) >= 11 is 9.89. The first kappa shape index (κ1) is 13.9. The summed E-state index contributed by atoms with van der Waals surface area (Å²) in [7, 11) is 0. The maximum atomic E-state index is 12.3. The summed E-state index contributed by atoms with van der Waals surface area (Å²) in [5, 5.41) is 1.72. The van der Waals surface area contributed by atoms with Crippen LogP contribution in [0.5, 0.6) is 0 Å². The Kier molecular flexibility index (Phi) is 5.64. The van der Waals surface area contributed by atoms with Gasteiger partial charge in [-0.05, 0) is 27.4 Å². The second-order valence-electron chi connectivity index (χ2n) is 2.93. The van der Waals surface area contributed by atoms with Crippen molar-refractivity contribution >= 4 is 44.8 Å². The van der Waals surface area contributed by atoms with Crippen LogP contribution in [0, 0.1) is 0 Å². The Hall–Kier alpha value is -0.200. The minimum Gasteiger partial charge on any atom is -0.331 e. The molecule has 1 aromatic heterocycles. The molecule has 7 heteroatoms. The zero-order chi connectivity index (χ0) is 12.1. The Balaban J connectivity index is 2.78. The van der Waals surface area contributed by atoms with Gasteiger partial charge in [-0.1, -0.05) is 0 Å². The summed E-state index contributed by atoms with van der Waals surface area (Å²) < 4.78 is 25.2. The lowest BCUT2D eigenvalue weighted by Crippen LogP contribution is -2.36. The summed E-state index contributed by atoms with van der Waals surface area (Å²) in [5.74, 6) is -0.274. The molecule has 1 heterocycles. The van der Waals surface area contributed by atoms with Crippen LogP contribution in [-0.2, 0) is 0 Å². The molecule has 0 fully saturated rings. The fourth-order valence-electron chi connectivity index (χ4n) is 1.13. The Labute approximate surface area is 109 Å². The quantitative estimate of drug-likeness (QED) is 0.756. The molecule has 0 N–H and O–H groups in total. The predicted octanol–water partition coefficient (Wildman–Crippen LogP) is 3.46. The number of thiophene rings is 1. The fourth-order valence-corrected chi connectivity index (χ4v) is 2.85. The first-order chi connectivity index (χ1) is 7.56. The summed E-state index contributed by atoms with van der Waals surface area (Å²) in [5.41, 5.74) is 0. The zero-order valence-electron chi connectivity index (χ0n) is 8.13. The van der Waals surface area contributed by atoms with Crippen LogP contribution in [-0.4, -0.2) is 36.2 Å². The predicted molar refractivity (Wildman–Crippen MR) is 64.6 cm³/mol. The topological polar surface area (TPSA) is 20.3 Å². The van der Waals surface area contributed by atoms with Crippen molar-refractivity contribution in [2.24, 2.45) is 0 Å². The van der Waals surface area contributed by atoms with Crippen molar-refractivity contribution in [3.63, 3.8) is 0 Å². The van der Waals surface area contributed by atoms with Crippen LogP contribution in [0.4, 0.5) is 8.78 Å². The standard InChI is InChI=1S/C9H9BrClF2NOS/c10-6-1-4-16-8(6)9(15)14(3-2-11)5-7(12)13/h1,4,7H,2-3,5H2. The molecule has 0 unspecified atom stereocenters. The fraction of sp³-hybridized carbons (Fsp3) is 0.444. The first-order valence-corrected chi connectivity index (χ1v) is 6.63. The number of nitrogens with zero attached hydrogens (tertiary/aromatic N) is 1. The maximum absolute atomic E-state index is 12.3. The summed E-state index contributed by atoms with van der Waals surface area (Å²) in [4.78, 5) is 13.4.